The number of hydrogen-bond acceptors (Lipinski definition) is 6. The average Bonchev–Trinajstić information content (AvgIpc) is 3.27. The molecule has 62 heavy (non-hydrogen) atoms. The van der Waals surface area contributed by atoms with Crippen LogP contribution in [0.4, 0.5) is 0 Å². The monoisotopic (exact) mass is 875 g/mol. The van der Waals surface area contributed by atoms with E-state index in [0.29, 0.717) is 19.3 Å². The van der Waals surface area contributed by atoms with Gasteiger partial charge >= 0.3 is 17.9 Å². The van der Waals surface area contributed by atoms with E-state index in [1.54, 1.807) is 0 Å². The lowest BCUT2D eigenvalue weighted by Crippen LogP contribution is -2.30. The van der Waals surface area contributed by atoms with Crippen molar-refractivity contribution in [2.24, 2.45) is 0 Å². The standard InChI is InChI=1S/C56H106O6/c1-4-7-10-13-16-19-22-25-27-29-31-34-37-40-43-46-49-55(58)61-52-53(51-60-54(57)48-45-42-39-36-33-30-24-21-18-15-12-9-6-3)62-56(59)50-47-44-41-38-35-32-28-26-23-20-17-14-11-8-5-2/h26,28,53H,4-25,27,29-52H2,1-3H3/b28-26-/t53-/m1/s1. The van der Waals surface area contributed by atoms with Gasteiger partial charge in [-0.2, -0.15) is 0 Å². The molecule has 6 heteroatoms. The second kappa shape index (κ2) is 51.8. The predicted octanol–water partition coefficient (Wildman–Crippen LogP) is 18.2. The maximum absolute atomic E-state index is 12.8. The lowest BCUT2D eigenvalue weighted by atomic mass is 10.0. The molecule has 0 aliphatic rings. The molecule has 0 fully saturated rings. The molecule has 0 aromatic carbocycles. The second-order valence-electron chi connectivity index (χ2n) is 18.9. The van der Waals surface area contributed by atoms with E-state index in [9.17, 15) is 14.4 Å². The smallest absolute Gasteiger partial charge is 0.306 e. The van der Waals surface area contributed by atoms with E-state index in [1.165, 1.54) is 205 Å². The average molecular weight is 875 g/mol. The lowest BCUT2D eigenvalue weighted by molar-refractivity contribution is -0.167. The van der Waals surface area contributed by atoms with Crippen molar-refractivity contribution in [1.82, 2.24) is 0 Å². The highest BCUT2D eigenvalue weighted by Gasteiger charge is 2.19. The van der Waals surface area contributed by atoms with Crippen LogP contribution < -0.4 is 0 Å². The summed E-state index contributed by atoms with van der Waals surface area (Å²) in [5.74, 6) is -0.855. The molecular formula is C56H106O6. The van der Waals surface area contributed by atoms with Crippen molar-refractivity contribution in [2.45, 2.75) is 316 Å². The number of carbonyl (C=O) groups is 3. The summed E-state index contributed by atoms with van der Waals surface area (Å²) >= 11 is 0. The first kappa shape index (κ1) is 60.2. The van der Waals surface area contributed by atoms with Crippen LogP contribution in [-0.2, 0) is 28.6 Å². The van der Waals surface area contributed by atoms with Gasteiger partial charge in [0.15, 0.2) is 6.10 Å². The van der Waals surface area contributed by atoms with Gasteiger partial charge in [-0.1, -0.05) is 258 Å². The highest BCUT2D eigenvalue weighted by molar-refractivity contribution is 5.71. The van der Waals surface area contributed by atoms with Gasteiger partial charge in [-0.3, -0.25) is 14.4 Å². The van der Waals surface area contributed by atoms with Crippen molar-refractivity contribution >= 4 is 17.9 Å². The third-order valence-corrected chi connectivity index (χ3v) is 12.5. The van der Waals surface area contributed by atoms with Crippen molar-refractivity contribution in [3.8, 4) is 0 Å². The minimum Gasteiger partial charge on any atom is -0.462 e. The number of unbranched alkanes of at least 4 members (excludes halogenated alkanes) is 38. The zero-order chi connectivity index (χ0) is 45.1. The third kappa shape index (κ3) is 49.2. The van der Waals surface area contributed by atoms with Gasteiger partial charge in [0.1, 0.15) is 13.2 Å². The van der Waals surface area contributed by atoms with Crippen LogP contribution in [0.15, 0.2) is 12.2 Å². The Morgan fingerprint density at radius 3 is 0.806 bits per heavy atom. The van der Waals surface area contributed by atoms with Gasteiger partial charge in [-0.15, -0.1) is 0 Å². The van der Waals surface area contributed by atoms with Crippen LogP contribution >= 0.6 is 0 Å². The molecule has 0 saturated carbocycles. The Balaban J connectivity index is 4.32. The van der Waals surface area contributed by atoms with Gasteiger partial charge in [0.25, 0.3) is 0 Å². The summed E-state index contributed by atoms with van der Waals surface area (Å²) in [7, 11) is 0. The number of carbonyl (C=O) groups excluding carboxylic acids is 3. The van der Waals surface area contributed by atoms with E-state index < -0.39 is 6.10 Å². The van der Waals surface area contributed by atoms with Crippen LogP contribution in [0.2, 0.25) is 0 Å². The molecule has 0 rings (SSSR count). The Bertz CT molecular complexity index is 962. The topological polar surface area (TPSA) is 78.9 Å². The van der Waals surface area contributed by atoms with Gasteiger partial charge in [-0.05, 0) is 44.9 Å². The van der Waals surface area contributed by atoms with Crippen LogP contribution in [0.5, 0.6) is 0 Å². The van der Waals surface area contributed by atoms with E-state index in [0.717, 1.165) is 64.2 Å². The third-order valence-electron chi connectivity index (χ3n) is 12.5. The Hall–Kier alpha value is -1.85. The summed E-state index contributed by atoms with van der Waals surface area (Å²) in [6.07, 6.45) is 57.6. The van der Waals surface area contributed by atoms with Crippen LogP contribution in [0, 0.1) is 0 Å². The molecule has 0 aromatic heterocycles. The Labute approximate surface area is 386 Å². The van der Waals surface area contributed by atoms with E-state index in [1.807, 2.05) is 0 Å². The largest absolute Gasteiger partial charge is 0.462 e. The minimum absolute atomic E-state index is 0.0676. The highest BCUT2D eigenvalue weighted by atomic mass is 16.6. The molecule has 1 atom stereocenters. The van der Waals surface area contributed by atoms with Crippen molar-refractivity contribution < 1.29 is 28.6 Å². The Morgan fingerprint density at radius 1 is 0.306 bits per heavy atom. The molecule has 0 bridgehead atoms. The summed E-state index contributed by atoms with van der Waals surface area (Å²) in [6.45, 7) is 6.67. The van der Waals surface area contributed by atoms with E-state index in [4.69, 9.17) is 14.2 Å². The molecule has 0 amide bonds. The first-order valence-electron chi connectivity index (χ1n) is 27.7. The molecule has 6 nitrogen and oxygen atoms in total. The maximum atomic E-state index is 12.8. The number of hydrogen-bond donors (Lipinski definition) is 0. The summed E-state index contributed by atoms with van der Waals surface area (Å²) in [5.41, 5.74) is 0. The van der Waals surface area contributed by atoms with Crippen LogP contribution in [0.3, 0.4) is 0 Å². The van der Waals surface area contributed by atoms with Crippen molar-refractivity contribution in [3.05, 3.63) is 12.2 Å². The summed E-state index contributed by atoms with van der Waals surface area (Å²) in [4.78, 5) is 38.0. The predicted molar refractivity (Wildman–Crippen MR) is 266 cm³/mol. The van der Waals surface area contributed by atoms with Gasteiger partial charge < -0.3 is 14.2 Å². The number of rotatable bonds is 51. The van der Waals surface area contributed by atoms with Gasteiger partial charge in [0, 0.05) is 19.3 Å². The molecule has 0 heterocycles. The minimum atomic E-state index is -0.768. The quantitative estimate of drug-likeness (QED) is 0.0262. The van der Waals surface area contributed by atoms with Crippen molar-refractivity contribution in [2.75, 3.05) is 13.2 Å². The molecule has 0 N–H and O–H groups in total. The summed E-state index contributed by atoms with van der Waals surface area (Å²) < 4.78 is 16.8. The molecule has 0 spiro atoms. The van der Waals surface area contributed by atoms with E-state index in [-0.39, 0.29) is 31.1 Å². The fraction of sp³-hybridized carbons (Fsp3) is 0.911. The van der Waals surface area contributed by atoms with Crippen molar-refractivity contribution in [3.63, 3.8) is 0 Å². The first-order valence-corrected chi connectivity index (χ1v) is 27.7. The normalized spacial score (nSPS) is 12.0. The molecule has 366 valence electrons. The number of allylic oxidation sites excluding steroid dienone is 2. The first-order chi connectivity index (χ1) is 30.5. The molecule has 0 aliphatic carbocycles. The summed E-state index contributed by atoms with van der Waals surface area (Å²) in [6, 6.07) is 0. The SMILES string of the molecule is CCCCCCCC/C=C\CCCCCCCC(=O)O[C@H](COC(=O)CCCCCCCCCCCCCCC)COC(=O)CCCCCCCCCCCCCCCCCC. The van der Waals surface area contributed by atoms with Gasteiger partial charge in [0.05, 0.1) is 0 Å². The van der Waals surface area contributed by atoms with E-state index in [2.05, 4.69) is 32.9 Å². The second-order valence-corrected chi connectivity index (χ2v) is 18.9. The summed E-state index contributed by atoms with van der Waals surface area (Å²) in [5, 5.41) is 0. The zero-order valence-electron chi connectivity index (χ0n) is 41.9. The molecule has 0 radical (unpaired) electrons. The number of esters is 3. The van der Waals surface area contributed by atoms with Crippen LogP contribution in [0.25, 0.3) is 0 Å². The molecule has 0 aliphatic heterocycles. The molecule has 0 aromatic rings. The van der Waals surface area contributed by atoms with Crippen LogP contribution in [0.1, 0.15) is 310 Å². The molecule has 0 saturated heterocycles. The zero-order valence-corrected chi connectivity index (χ0v) is 41.9. The van der Waals surface area contributed by atoms with Gasteiger partial charge in [-0.25, -0.2) is 0 Å². The Morgan fingerprint density at radius 2 is 0.532 bits per heavy atom. The molecule has 0 unspecified atom stereocenters. The molecular weight excluding hydrogens is 769 g/mol. The van der Waals surface area contributed by atoms with Crippen LogP contribution in [-0.4, -0.2) is 37.2 Å². The highest BCUT2D eigenvalue weighted by Crippen LogP contribution is 2.17. The maximum Gasteiger partial charge on any atom is 0.306 e. The number of ether oxygens (including phenoxy) is 3. The van der Waals surface area contributed by atoms with Gasteiger partial charge in [0.2, 0.25) is 0 Å². The fourth-order valence-corrected chi connectivity index (χ4v) is 8.32. The fourth-order valence-electron chi connectivity index (χ4n) is 8.32. The Kier molecular flexibility index (Phi) is 50.2. The lowest BCUT2D eigenvalue weighted by Gasteiger charge is -2.18. The van der Waals surface area contributed by atoms with E-state index >= 15 is 0 Å². The van der Waals surface area contributed by atoms with Crippen molar-refractivity contribution in [1.29, 1.82) is 0 Å².